The van der Waals surface area contributed by atoms with Crippen molar-refractivity contribution in [2.75, 3.05) is 24.2 Å². The van der Waals surface area contributed by atoms with Crippen molar-refractivity contribution in [1.29, 1.82) is 0 Å². The molecule has 2 rings (SSSR count). The highest BCUT2D eigenvalue weighted by Gasteiger charge is 2.29. The number of rotatable bonds is 6. The maximum Gasteiger partial charge on any atom is 0.326 e. The highest BCUT2D eigenvalue weighted by molar-refractivity contribution is 7.98. The first-order chi connectivity index (χ1) is 12.2. The van der Waals surface area contributed by atoms with Gasteiger partial charge in [-0.3, -0.25) is 9.10 Å². The van der Waals surface area contributed by atoms with Crippen molar-refractivity contribution < 1.29 is 17.9 Å². The summed E-state index contributed by atoms with van der Waals surface area (Å²) in [5.41, 5.74) is 3.12. The Kier molecular flexibility index (Phi) is 6.36. The highest BCUT2D eigenvalue weighted by Crippen LogP contribution is 2.31. The molecular weight excluding hydrogens is 370 g/mol. The summed E-state index contributed by atoms with van der Waals surface area (Å²) in [5, 5.41) is 0. The quantitative estimate of drug-likeness (QED) is 0.553. The molecule has 140 valence electrons. The molecular formula is C19H23NO4S2. The number of nitrogens with zero attached hydrogens (tertiary/aromatic N) is 1. The Morgan fingerprint density at radius 2 is 1.62 bits per heavy atom. The van der Waals surface area contributed by atoms with Gasteiger partial charge in [-0.05, 0) is 62.4 Å². The molecule has 0 amide bonds. The van der Waals surface area contributed by atoms with Gasteiger partial charge in [-0.25, -0.2) is 8.42 Å². The Labute approximate surface area is 159 Å². The summed E-state index contributed by atoms with van der Waals surface area (Å²) in [7, 11) is -2.67. The van der Waals surface area contributed by atoms with Gasteiger partial charge in [0.2, 0.25) is 0 Å². The monoisotopic (exact) mass is 393 g/mol. The number of esters is 1. The third-order valence-electron chi connectivity index (χ3n) is 4.03. The number of carbonyl (C=O) groups excluding carboxylic acids is 1. The normalized spacial score (nSPS) is 11.3. The third kappa shape index (κ3) is 4.22. The predicted molar refractivity (Wildman–Crippen MR) is 105 cm³/mol. The summed E-state index contributed by atoms with van der Waals surface area (Å²) in [6.07, 6.45) is 1.92. The summed E-state index contributed by atoms with van der Waals surface area (Å²) < 4.78 is 32.4. The number of methoxy groups -OCH3 is 1. The zero-order chi connectivity index (χ0) is 19.5. The van der Waals surface area contributed by atoms with Gasteiger partial charge < -0.3 is 4.74 Å². The second kappa shape index (κ2) is 8.14. The van der Waals surface area contributed by atoms with Crippen molar-refractivity contribution in [3.63, 3.8) is 0 Å². The first kappa shape index (κ1) is 20.3. The minimum atomic E-state index is -3.92. The first-order valence-electron chi connectivity index (χ1n) is 8.02. The van der Waals surface area contributed by atoms with Crippen molar-refractivity contribution in [2.45, 2.75) is 30.6 Å². The maximum atomic E-state index is 13.3. The smallest absolute Gasteiger partial charge is 0.326 e. The van der Waals surface area contributed by atoms with E-state index in [1.165, 1.54) is 18.9 Å². The first-order valence-corrected chi connectivity index (χ1v) is 10.7. The van der Waals surface area contributed by atoms with E-state index >= 15 is 0 Å². The van der Waals surface area contributed by atoms with Crippen LogP contribution in [0.25, 0.3) is 0 Å². The van der Waals surface area contributed by atoms with E-state index in [1.807, 2.05) is 39.2 Å². The van der Waals surface area contributed by atoms with E-state index in [2.05, 4.69) is 0 Å². The number of hydrogen-bond donors (Lipinski definition) is 0. The average molecular weight is 394 g/mol. The van der Waals surface area contributed by atoms with Crippen LogP contribution in [0.2, 0.25) is 0 Å². The molecule has 5 nitrogen and oxygen atoms in total. The number of benzene rings is 2. The van der Waals surface area contributed by atoms with Crippen LogP contribution in [0.3, 0.4) is 0 Å². The second-order valence-corrected chi connectivity index (χ2v) is 8.75. The lowest BCUT2D eigenvalue weighted by molar-refractivity contribution is -0.138. The molecule has 0 N–H and O–H groups in total. The molecule has 0 aliphatic carbocycles. The molecule has 0 saturated heterocycles. The Morgan fingerprint density at radius 1 is 1.08 bits per heavy atom. The van der Waals surface area contributed by atoms with Gasteiger partial charge in [0, 0.05) is 4.90 Å². The summed E-state index contributed by atoms with van der Waals surface area (Å²) in [6.45, 7) is 5.25. The standard InChI is InChI=1S/C19H23NO4S2/c1-13-10-14(2)19(15(3)11-13)20(12-18(21)24-4)26(22,23)17-8-6-16(25-5)7-9-17/h6-11H,12H2,1-5H3. The lowest BCUT2D eigenvalue weighted by Gasteiger charge is -2.27. The number of sulfonamides is 1. The van der Waals surface area contributed by atoms with Crippen LogP contribution >= 0.6 is 11.8 Å². The fraction of sp³-hybridized carbons (Fsp3) is 0.316. The molecule has 26 heavy (non-hydrogen) atoms. The van der Waals surface area contributed by atoms with E-state index in [4.69, 9.17) is 4.74 Å². The van der Waals surface area contributed by atoms with E-state index in [-0.39, 0.29) is 11.4 Å². The van der Waals surface area contributed by atoms with E-state index in [9.17, 15) is 13.2 Å². The molecule has 0 fully saturated rings. The van der Waals surface area contributed by atoms with Crippen molar-refractivity contribution in [3.05, 3.63) is 53.1 Å². The van der Waals surface area contributed by atoms with Crippen molar-refractivity contribution in [2.24, 2.45) is 0 Å². The van der Waals surface area contributed by atoms with Crippen LogP contribution in [0.15, 0.2) is 46.2 Å². The number of thioether (sulfide) groups is 1. The van der Waals surface area contributed by atoms with Crippen LogP contribution in [0.5, 0.6) is 0 Å². The average Bonchev–Trinajstić information content (AvgIpc) is 2.59. The Hall–Kier alpha value is -1.99. The van der Waals surface area contributed by atoms with Crippen LogP contribution in [0.4, 0.5) is 5.69 Å². The summed E-state index contributed by atoms with van der Waals surface area (Å²) in [5.74, 6) is -0.617. The number of hydrogen-bond acceptors (Lipinski definition) is 5. The minimum Gasteiger partial charge on any atom is -0.468 e. The minimum absolute atomic E-state index is 0.138. The molecule has 0 radical (unpaired) electrons. The van der Waals surface area contributed by atoms with Gasteiger partial charge in [-0.1, -0.05) is 17.7 Å². The summed E-state index contributed by atoms with van der Waals surface area (Å²) >= 11 is 1.53. The zero-order valence-corrected chi connectivity index (χ0v) is 17.2. The molecule has 0 saturated carbocycles. The van der Waals surface area contributed by atoms with Gasteiger partial charge >= 0.3 is 5.97 Å². The molecule has 0 aromatic heterocycles. The van der Waals surface area contributed by atoms with Gasteiger partial charge in [0.1, 0.15) is 6.54 Å². The lowest BCUT2D eigenvalue weighted by atomic mass is 10.1. The fourth-order valence-corrected chi connectivity index (χ4v) is 4.85. The molecule has 0 heterocycles. The highest BCUT2D eigenvalue weighted by atomic mass is 32.2. The van der Waals surface area contributed by atoms with Gasteiger partial charge in [0.05, 0.1) is 17.7 Å². The van der Waals surface area contributed by atoms with Crippen molar-refractivity contribution >= 4 is 33.4 Å². The Balaban J connectivity index is 2.62. The fourth-order valence-electron chi connectivity index (χ4n) is 2.91. The maximum absolute atomic E-state index is 13.3. The van der Waals surface area contributed by atoms with Crippen LogP contribution in [0, 0.1) is 20.8 Å². The van der Waals surface area contributed by atoms with E-state index in [1.54, 1.807) is 24.3 Å². The molecule has 0 atom stereocenters. The molecule has 0 aliphatic rings. The molecule has 0 aliphatic heterocycles. The molecule has 7 heteroatoms. The second-order valence-electron chi connectivity index (χ2n) is 6.01. The number of ether oxygens (including phenoxy) is 1. The lowest BCUT2D eigenvalue weighted by Crippen LogP contribution is -2.37. The van der Waals surface area contributed by atoms with Crippen LogP contribution in [0.1, 0.15) is 16.7 Å². The van der Waals surface area contributed by atoms with Gasteiger partial charge in [0.15, 0.2) is 0 Å². The van der Waals surface area contributed by atoms with Crippen molar-refractivity contribution in [3.8, 4) is 0 Å². The van der Waals surface area contributed by atoms with E-state index in [0.717, 1.165) is 25.9 Å². The molecule has 0 unspecified atom stereocenters. The number of carbonyl (C=O) groups is 1. The Morgan fingerprint density at radius 3 is 2.08 bits per heavy atom. The largest absolute Gasteiger partial charge is 0.468 e. The molecule has 0 bridgehead atoms. The van der Waals surface area contributed by atoms with Crippen LogP contribution in [-0.4, -0.2) is 34.3 Å². The summed E-state index contributed by atoms with van der Waals surface area (Å²) in [4.78, 5) is 13.0. The third-order valence-corrected chi connectivity index (χ3v) is 6.54. The van der Waals surface area contributed by atoms with Gasteiger partial charge in [0.25, 0.3) is 10.0 Å². The molecule has 2 aromatic carbocycles. The zero-order valence-electron chi connectivity index (χ0n) is 15.6. The van der Waals surface area contributed by atoms with Crippen LogP contribution in [-0.2, 0) is 19.6 Å². The molecule has 2 aromatic rings. The van der Waals surface area contributed by atoms with Gasteiger partial charge in [-0.15, -0.1) is 11.8 Å². The van der Waals surface area contributed by atoms with E-state index < -0.39 is 16.0 Å². The predicted octanol–water partition coefficient (Wildman–Crippen LogP) is 3.70. The molecule has 0 spiro atoms. The topological polar surface area (TPSA) is 63.7 Å². The Bertz CT molecular complexity index is 883. The van der Waals surface area contributed by atoms with Gasteiger partial charge in [-0.2, -0.15) is 0 Å². The summed E-state index contributed by atoms with van der Waals surface area (Å²) in [6, 6.07) is 10.4. The SMILES string of the molecule is COC(=O)CN(c1c(C)cc(C)cc1C)S(=O)(=O)c1ccc(SC)cc1. The van der Waals surface area contributed by atoms with Crippen LogP contribution < -0.4 is 4.31 Å². The number of anilines is 1. The van der Waals surface area contributed by atoms with E-state index in [0.29, 0.717) is 5.69 Å². The number of aryl methyl sites for hydroxylation is 3. The van der Waals surface area contributed by atoms with Crippen molar-refractivity contribution in [1.82, 2.24) is 0 Å².